The second-order valence-corrected chi connectivity index (χ2v) is 22.0. The quantitative estimate of drug-likeness (QED) is 0.150. The lowest BCUT2D eigenvalue weighted by Gasteiger charge is -2.41. The Morgan fingerprint density at radius 1 is 0.935 bits per heavy atom. The standard InChI is InChI=1S/C22H40O6Si3/c1-11-16-24-17-18-25-20-14-12-19(13-15-20)21(23)22(2,3)26-31(10,27-29(4,5)6)28-30(7,8)9/h11-15H,1,16-18H2,2-10H3. The van der Waals surface area contributed by atoms with E-state index in [1.807, 2.05) is 6.55 Å². The molecule has 0 bridgehead atoms. The van der Waals surface area contributed by atoms with Crippen molar-refractivity contribution in [3.8, 4) is 5.75 Å². The molecule has 0 aromatic heterocycles. The van der Waals surface area contributed by atoms with Crippen LogP contribution < -0.4 is 4.74 Å². The summed E-state index contributed by atoms with van der Waals surface area (Å²) in [6, 6.07) is 7.07. The third-order valence-corrected chi connectivity index (χ3v) is 12.6. The Bertz CT molecular complexity index is 704. The van der Waals surface area contributed by atoms with Gasteiger partial charge in [-0.1, -0.05) is 6.08 Å². The van der Waals surface area contributed by atoms with Gasteiger partial charge in [-0.3, -0.25) is 4.79 Å². The lowest BCUT2D eigenvalue weighted by atomic mass is 9.97. The predicted octanol–water partition coefficient (Wildman–Crippen LogP) is 5.52. The Morgan fingerprint density at radius 3 is 1.90 bits per heavy atom. The van der Waals surface area contributed by atoms with Gasteiger partial charge in [-0.05, 0) is 77.4 Å². The van der Waals surface area contributed by atoms with Gasteiger partial charge in [0.2, 0.25) is 0 Å². The van der Waals surface area contributed by atoms with Crippen molar-refractivity contribution in [2.45, 2.75) is 65.3 Å². The lowest BCUT2D eigenvalue weighted by molar-refractivity contribution is 0.0313. The van der Waals surface area contributed by atoms with E-state index in [2.05, 4.69) is 45.9 Å². The Labute approximate surface area is 191 Å². The van der Waals surface area contributed by atoms with Crippen molar-refractivity contribution in [2.75, 3.05) is 19.8 Å². The maximum atomic E-state index is 13.3. The summed E-state index contributed by atoms with van der Waals surface area (Å²) in [7, 11) is -6.92. The molecule has 0 heterocycles. The van der Waals surface area contributed by atoms with E-state index in [1.165, 1.54) is 0 Å². The largest absolute Gasteiger partial charge is 0.491 e. The van der Waals surface area contributed by atoms with Crippen LogP contribution in [-0.4, -0.2) is 56.6 Å². The van der Waals surface area contributed by atoms with Gasteiger partial charge in [0, 0.05) is 12.1 Å². The zero-order valence-corrected chi connectivity index (χ0v) is 23.7. The van der Waals surface area contributed by atoms with Crippen LogP contribution in [-0.2, 0) is 17.4 Å². The van der Waals surface area contributed by atoms with Gasteiger partial charge in [-0.2, -0.15) is 0 Å². The molecule has 1 aromatic rings. The molecule has 0 aliphatic rings. The van der Waals surface area contributed by atoms with E-state index in [4.69, 9.17) is 22.1 Å². The maximum absolute atomic E-state index is 13.3. The van der Waals surface area contributed by atoms with Crippen molar-refractivity contribution in [1.29, 1.82) is 0 Å². The maximum Gasteiger partial charge on any atom is 0.477 e. The van der Waals surface area contributed by atoms with Crippen LogP contribution in [0, 0.1) is 0 Å². The van der Waals surface area contributed by atoms with Crippen molar-refractivity contribution >= 4 is 31.2 Å². The molecule has 0 spiro atoms. The van der Waals surface area contributed by atoms with E-state index >= 15 is 0 Å². The van der Waals surface area contributed by atoms with Crippen molar-refractivity contribution in [3.05, 3.63) is 42.5 Å². The summed E-state index contributed by atoms with van der Waals surface area (Å²) in [5.41, 5.74) is -0.529. The molecule has 0 saturated carbocycles. The summed E-state index contributed by atoms with van der Waals surface area (Å²) in [5.74, 6) is 0.561. The minimum atomic E-state index is -3.03. The highest BCUT2D eigenvalue weighted by molar-refractivity contribution is 6.85. The number of carbonyl (C=O) groups is 1. The highest BCUT2D eigenvalue weighted by Crippen LogP contribution is 2.29. The molecule has 6 nitrogen and oxygen atoms in total. The number of rotatable bonds is 14. The number of carbonyl (C=O) groups excluding carboxylic acids is 1. The average molecular weight is 485 g/mol. The van der Waals surface area contributed by atoms with Gasteiger partial charge in [-0.15, -0.1) is 6.58 Å². The second kappa shape index (κ2) is 11.2. The first-order valence-corrected chi connectivity index (χ1v) is 19.7. The molecular weight excluding hydrogens is 444 g/mol. The normalized spacial score (nSPS) is 13.2. The first kappa shape index (κ1) is 28.0. The number of hydrogen-bond donors (Lipinski definition) is 0. The summed E-state index contributed by atoms with van der Waals surface area (Å²) in [6.45, 7) is 23.1. The Hall–Kier alpha value is -1.08. The monoisotopic (exact) mass is 484 g/mol. The zero-order valence-electron chi connectivity index (χ0n) is 20.7. The van der Waals surface area contributed by atoms with Gasteiger partial charge in [0.1, 0.15) is 18.0 Å². The fourth-order valence-electron chi connectivity index (χ4n) is 3.12. The topological polar surface area (TPSA) is 63.2 Å². The number of Topliss-reactive ketones (excluding diaryl/α,β-unsaturated/α-hetero) is 1. The minimum Gasteiger partial charge on any atom is -0.491 e. The van der Waals surface area contributed by atoms with E-state index in [1.54, 1.807) is 44.2 Å². The molecule has 0 saturated heterocycles. The molecule has 1 aromatic carbocycles. The molecule has 0 aliphatic carbocycles. The molecule has 1 rings (SSSR count). The molecule has 31 heavy (non-hydrogen) atoms. The van der Waals surface area contributed by atoms with E-state index in [0.29, 0.717) is 31.1 Å². The van der Waals surface area contributed by atoms with Crippen LogP contribution in [0.2, 0.25) is 45.8 Å². The summed E-state index contributed by atoms with van der Waals surface area (Å²) >= 11 is 0. The fourth-order valence-corrected chi connectivity index (χ4v) is 13.9. The SMILES string of the molecule is C=CCOCCOc1ccc(C(=O)C(C)(C)O[Si](C)(O[Si](C)(C)C)O[Si](C)(C)C)cc1. The number of hydrogen-bond acceptors (Lipinski definition) is 6. The first-order chi connectivity index (χ1) is 14.1. The van der Waals surface area contributed by atoms with Crippen molar-refractivity contribution in [3.63, 3.8) is 0 Å². The van der Waals surface area contributed by atoms with Gasteiger partial charge < -0.3 is 22.1 Å². The van der Waals surface area contributed by atoms with Crippen LogP contribution in [0.1, 0.15) is 24.2 Å². The summed E-state index contributed by atoms with van der Waals surface area (Å²) in [5, 5.41) is 0. The summed E-state index contributed by atoms with van der Waals surface area (Å²) < 4.78 is 30.1. The van der Waals surface area contributed by atoms with Crippen LogP contribution in [0.4, 0.5) is 0 Å². The molecule has 0 N–H and O–H groups in total. The van der Waals surface area contributed by atoms with Gasteiger partial charge in [0.15, 0.2) is 22.4 Å². The molecular formula is C22H40O6Si3. The Morgan fingerprint density at radius 2 is 1.45 bits per heavy atom. The zero-order chi connectivity index (χ0) is 23.9. The molecule has 0 unspecified atom stereocenters. The molecule has 0 aliphatic heterocycles. The third kappa shape index (κ3) is 10.9. The molecule has 0 amide bonds. The highest BCUT2D eigenvalue weighted by Gasteiger charge is 2.48. The Balaban J connectivity index is 2.90. The van der Waals surface area contributed by atoms with Crippen LogP contribution in [0.25, 0.3) is 0 Å². The average Bonchev–Trinajstić information content (AvgIpc) is 2.57. The first-order valence-electron chi connectivity index (χ1n) is 10.6. The lowest BCUT2D eigenvalue weighted by Crippen LogP contribution is -2.59. The van der Waals surface area contributed by atoms with E-state index in [9.17, 15) is 4.79 Å². The number of ether oxygens (including phenoxy) is 2. The number of benzene rings is 1. The van der Waals surface area contributed by atoms with Crippen LogP contribution in [0.3, 0.4) is 0 Å². The molecule has 0 atom stereocenters. The van der Waals surface area contributed by atoms with E-state index in [0.717, 1.165) is 0 Å². The smallest absolute Gasteiger partial charge is 0.477 e. The van der Waals surface area contributed by atoms with Crippen molar-refractivity contribution < 1.29 is 26.9 Å². The fraction of sp³-hybridized carbons (Fsp3) is 0.591. The summed E-state index contributed by atoms with van der Waals surface area (Å²) in [6.07, 6.45) is 1.70. The van der Waals surface area contributed by atoms with E-state index < -0.39 is 31.0 Å². The van der Waals surface area contributed by atoms with Gasteiger partial charge >= 0.3 is 8.80 Å². The van der Waals surface area contributed by atoms with Crippen LogP contribution in [0.15, 0.2) is 36.9 Å². The minimum absolute atomic E-state index is 0.120. The summed E-state index contributed by atoms with van der Waals surface area (Å²) in [4.78, 5) is 13.3. The second-order valence-electron chi connectivity index (χ2n) is 9.97. The van der Waals surface area contributed by atoms with Crippen molar-refractivity contribution in [2.24, 2.45) is 0 Å². The predicted molar refractivity (Wildman–Crippen MR) is 133 cm³/mol. The molecule has 9 heteroatoms. The van der Waals surface area contributed by atoms with E-state index in [-0.39, 0.29) is 5.78 Å². The van der Waals surface area contributed by atoms with Crippen molar-refractivity contribution in [1.82, 2.24) is 0 Å². The Kier molecular flexibility index (Phi) is 10.1. The van der Waals surface area contributed by atoms with Crippen LogP contribution in [0.5, 0.6) is 5.75 Å². The molecule has 0 fully saturated rings. The molecule has 176 valence electrons. The van der Waals surface area contributed by atoms with Gasteiger partial charge in [0.25, 0.3) is 0 Å². The van der Waals surface area contributed by atoms with Crippen LogP contribution >= 0.6 is 0 Å². The van der Waals surface area contributed by atoms with Gasteiger partial charge in [0.05, 0.1) is 13.2 Å². The third-order valence-electron chi connectivity index (χ3n) is 3.82. The number of ketones is 1. The molecule has 0 radical (unpaired) electrons. The van der Waals surface area contributed by atoms with Gasteiger partial charge in [-0.25, -0.2) is 0 Å². The highest BCUT2D eigenvalue weighted by atomic mass is 28.5.